The fourth-order valence-electron chi connectivity index (χ4n) is 1.62. The first-order valence-corrected chi connectivity index (χ1v) is 3.19. The van der Waals surface area contributed by atoms with E-state index in [9.17, 15) is 4.79 Å². The van der Waals surface area contributed by atoms with Crippen molar-refractivity contribution in [3.63, 3.8) is 0 Å². The largest absolute Gasteiger partial charge is 0.361 e. The van der Waals surface area contributed by atoms with Crippen molar-refractivity contribution >= 4 is 11.6 Å². The minimum Gasteiger partial charge on any atom is -0.361 e. The topological polar surface area (TPSA) is 56.7 Å². The number of carbonyl (C=O) groups is 1. The summed E-state index contributed by atoms with van der Waals surface area (Å²) in [7, 11) is 0. The molecule has 3 saturated heterocycles. The number of carbonyl (C=O) groups excluding carboxylic acids is 1. The highest BCUT2D eigenvalue weighted by molar-refractivity contribution is 6.17. The van der Waals surface area contributed by atoms with Gasteiger partial charge in [0.2, 0.25) is 5.91 Å². The predicted molar refractivity (Wildman–Crippen MR) is 33.3 cm³/mol. The van der Waals surface area contributed by atoms with Crippen LogP contribution in [0.3, 0.4) is 0 Å². The zero-order chi connectivity index (χ0) is 7.35. The van der Waals surface area contributed by atoms with E-state index in [0.717, 1.165) is 6.54 Å². The fourth-order valence-corrected chi connectivity index (χ4v) is 1.62. The Kier molecular flexibility index (Phi) is 0.729. The number of rotatable bonds is 0. The molecule has 0 aliphatic carbocycles. The fraction of sp³-hybridized carbons (Fsp3) is 0.667. The van der Waals surface area contributed by atoms with Gasteiger partial charge in [-0.15, -0.1) is 0 Å². The molecule has 1 atom stereocenters. The summed E-state index contributed by atoms with van der Waals surface area (Å²) in [5.74, 6) is 0.0975. The van der Waals surface area contributed by atoms with Gasteiger partial charge in [-0.1, -0.05) is 0 Å². The lowest BCUT2D eigenvalue weighted by molar-refractivity contribution is -0.146. The maximum atomic E-state index is 11.0. The zero-order valence-corrected chi connectivity index (χ0v) is 5.66. The number of β-lactam (4-membered cyclic amide) rings is 1. The molecule has 1 amide bonds. The summed E-state index contributed by atoms with van der Waals surface area (Å²) in [4.78, 5) is 15.8. The molecule has 0 aromatic carbocycles. The third-order valence-electron chi connectivity index (χ3n) is 2.36. The smallest absolute Gasteiger partial charge is 0.304 e. The molecule has 1 unspecified atom stereocenters. The maximum Gasteiger partial charge on any atom is 0.304 e. The van der Waals surface area contributed by atoms with Crippen molar-refractivity contribution in [2.24, 2.45) is 5.41 Å². The van der Waals surface area contributed by atoms with E-state index in [0.29, 0.717) is 12.3 Å². The Morgan fingerprint density at radius 3 is 2.70 bits per heavy atom. The molecule has 0 spiro atoms. The summed E-state index contributed by atoms with van der Waals surface area (Å²) in [6, 6.07) is 0. The first-order chi connectivity index (χ1) is 4.68. The highest BCUT2D eigenvalue weighted by Gasteiger charge is 2.64. The van der Waals surface area contributed by atoms with E-state index in [1.54, 1.807) is 4.90 Å². The highest BCUT2D eigenvalue weighted by Crippen LogP contribution is 2.39. The molecule has 3 aliphatic heterocycles. The van der Waals surface area contributed by atoms with Gasteiger partial charge in [0.15, 0.2) is 5.41 Å². The number of fused-ring (bicyclic) bond motifs is 1. The Labute approximate surface area is 58.1 Å². The van der Waals surface area contributed by atoms with Gasteiger partial charge in [0.25, 0.3) is 0 Å². The number of hydrogen-bond donors (Lipinski definition) is 0. The molecule has 2 bridgehead atoms. The van der Waals surface area contributed by atoms with Gasteiger partial charge in [-0.25, -0.2) is 0 Å². The van der Waals surface area contributed by atoms with Crippen LogP contribution in [0.15, 0.2) is 0 Å². The van der Waals surface area contributed by atoms with E-state index in [1.807, 2.05) is 6.92 Å². The second kappa shape index (κ2) is 1.30. The van der Waals surface area contributed by atoms with Crippen LogP contribution in [0.25, 0.3) is 5.53 Å². The van der Waals surface area contributed by atoms with Gasteiger partial charge in [0, 0.05) is 6.54 Å². The van der Waals surface area contributed by atoms with Crippen LogP contribution in [-0.2, 0) is 4.79 Å². The lowest BCUT2D eigenvalue weighted by atomic mass is 9.83. The van der Waals surface area contributed by atoms with E-state index in [-0.39, 0.29) is 5.91 Å². The summed E-state index contributed by atoms with van der Waals surface area (Å²) in [5, 5.41) is 0. The zero-order valence-electron chi connectivity index (χ0n) is 5.66. The van der Waals surface area contributed by atoms with Crippen LogP contribution in [0.1, 0.15) is 6.92 Å². The van der Waals surface area contributed by atoms with Crippen molar-refractivity contribution in [3.8, 4) is 0 Å². The van der Waals surface area contributed by atoms with Gasteiger partial charge in [-0.05, 0) is 6.92 Å². The Morgan fingerprint density at radius 2 is 2.50 bits per heavy atom. The second-order valence-electron chi connectivity index (χ2n) is 3.04. The second-order valence-corrected chi connectivity index (χ2v) is 3.04. The van der Waals surface area contributed by atoms with E-state index >= 15 is 0 Å². The average Bonchev–Trinajstić information content (AvgIpc) is 2.38. The van der Waals surface area contributed by atoms with Gasteiger partial charge in [-0.3, -0.25) is 4.79 Å². The predicted octanol–water partition coefficient (Wildman–Crippen LogP) is -0.481. The van der Waals surface area contributed by atoms with Crippen LogP contribution in [-0.4, -0.2) is 34.4 Å². The highest BCUT2D eigenvalue weighted by atomic mass is 16.2. The molecule has 0 aromatic rings. The normalized spacial score (nSPS) is 35.9. The van der Waals surface area contributed by atoms with Gasteiger partial charge in [0.05, 0.1) is 0 Å². The molecule has 3 fully saturated rings. The van der Waals surface area contributed by atoms with Crippen molar-refractivity contribution in [2.45, 2.75) is 6.92 Å². The van der Waals surface area contributed by atoms with Crippen molar-refractivity contribution < 1.29 is 9.58 Å². The van der Waals surface area contributed by atoms with Crippen molar-refractivity contribution in [1.82, 2.24) is 4.90 Å². The van der Waals surface area contributed by atoms with Gasteiger partial charge in [-0.2, -0.15) is 4.79 Å². The lowest BCUT2D eigenvalue weighted by Gasteiger charge is -2.31. The molecule has 0 N–H and O–H groups in total. The number of nitrogens with zero attached hydrogens (tertiary/aromatic N) is 3. The van der Waals surface area contributed by atoms with Crippen LogP contribution in [0.5, 0.6) is 0 Å². The molecule has 4 nitrogen and oxygen atoms in total. The summed E-state index contributed by atoms with van der Waals surface area (Å²) in [6.45, 7) is 3.06. The monoisotopic (exact) mass is 137 g/mol. The molecule has 3 rings (SSSR count). The molecule has 0 aromatic heterocycles. The van der Waals surface area contributed by atoms with E-state index in [4.69, 9.17) is 5.53 Å². The molecule has 3 heterocycles. The molecule has 4 heteroatoms. The molecular formula is C6H7N3O. The van der Waals surface area contributed by atoms with E-state index < -0.39 is 5.41 Å². The maximum absolute atomic E-state index is 11.0. The quantitative estimate of drug-likeness (QED) is 0.253. The van der Waals surface area contributed by atoms with E-state index in [2.05, 4.69) is 4.79 Å². The van der Waals surface area contributed by atoms with Crippen LogP contribution >= 0.6 is 0 Å². The molecule has 0 saturated carbocycles. The summed E-state index contributed by atoms with van der Waals surface area (Å²) in [5.41, 5.74) is 8.61. The SMILES string of the molecule is CC12CN(CC1=[N+]=[N-])C2=O. The minimum absolute atomic E-state index is 0.0975. The molecular weight excluding hydrogens is 130 g/mol. The Balaban J connectivity index is 2.51. The summed E-state index contributed by atoms with van der Waals surface area (Å²) < 4.78 is 0. The van der Waals surface area contributed by atoms with Crippen molar-refractivity contribution in [1.29, 1.82) is 0 Å². The summed E-state index contributed by atoms with van der Waals surface area (Å²) in [6.07, 6.45) is 0. The van der Waals surface area contributed by atoms with Gasteiger partial charge >= 0.3 is 5.71 Å². The molecule has 10 heavy (non-hydrogen) atoms. The molecule has 0 radical (unpaired) electrons. The standard InChI is InChI=1S/C6H7N3O/c1-6-3-9(5(6)10)2-4(6)8-7/h2-3H2,1H3. The Hall–Kier alpha value is -1.15. The van der Waals surface area contributed by atoms with Crippen LogP contribution < -0.4 is 0 Å². The number of amides is 1. The first-order valence-electron chi connectivity index (χ1n) is 3.19. The van der Waals surface area contributed by atoms with Crippen molar-refractivity contribution in [3.05, 3.63) is 5.53 Å². The van der Waals surface area contributed by atoms with Gasteiger partial charge < -0.3 is 10.4 Å². The minimum atomic E-state index is -0.450. The van der Waals surface area contributed by atoms with E-state index in [1.165, 1.54) is 0 Å². The Bertz CT molecular complexity index is 266. The molecule has 3 aliphatic rings. The average molecular weight is 137 g/mol. The van der Waals surface area contributed by atoms with Crippen LogP contribution in [0, 0.1) is 5.41 Å². The third kappa shape index (κ3) is 0.351. The lowest BCUT2D eigenvalue weighted by Crippen LogP contribution is -2.52. The summed E-state index contributed by atoms with van der Waals surface area (Å²) >= 11 is 0. The van der Waals surface area contributed by atoms with Crippen molar-refractivity contribution in [2.75, 3.05) is 13.1 Å². The van der Waals surface area contributed by atoms with Crippen LogP contribution in [0.4, 0.5) is 0 Å². The van der Waals surface area contributed by atoms with Gasteiger partial charge in [0.1, 0.15) is 6.54 Å². The third-order valence-corrected chi connectivity index (χ3v) is 2.36. The Morgan fingerprint density at radius 1 is 1.80 bits per heavy atom. The van der Waals surface area contributed by atoms with Crippen LogP contribution in [0.2, 0.25) is 0 Å². The molecule has 52 valence electrons. The number of hydrogen-bond acceptors (Lipinski definition) is 1. The first kappa shape index (κ1) is 5.62.